The zero-order valence-corrected chi connectivity index (χ0v) is 29.3. The van der Waals surface area contributed by atoms with Gasteiger partial charge in [0.05, 0.1) is 0 Å². The molecule has 0 amide bonds. The van der Waals surface area contributed by atoms with E-state index in [1.165, 1.54) is 33.4 Å². The van der Waals surface area contributed by atoms with E-state index in [1.807, 2.05) is 0 Å². The van der Waals surface area contributed by atoms with Crippen molar-refractivity contribution < 1.29 is 59.8 Å². The number of hydrogen-bond donors (Lipinski definition) is 1. The Kier molecular flexibility index (Phi) is 12.5. The molecular weight excluding hydrogens is 699 g/mol. The first kappa shape index (κ1) is 32.6. The molecule has 0 fully saturated rings. The van der Waals surface area contributed by atoms with Crippen molar-refractivity contribution in [1.82, 2.24) is 4.98 Å². The Morgan fingerprint density at radius 2 is 1.27 bits per heavy atom. The number of benzene rings is 1. The molecule has 0 bridgehead atoms. The summed E-state index contributed by atoms with van der Waals surface area (Å²) in [6, 6.07) is 8.89. The van der Waals surface area contributed by atoms with Crippen molar-refractivity contribution in [3.05, 3.63) is 57.7 Å². The molecule has 1 aliphatic rings. The van der Waals surface area contributed by atoms with E-state index in [-0.39, 0.29) is 65.2 Å². The van der Waals surface area contributed by atoms with Crippen LogP contribution in [0.5, 0.6) is 0 Å². The topological polar surface area (TPSA) is 24.4 Å². The number of nitrogens with one attached hydrogen (secondary N) is 1. The monoisotopic (exact) mass is 736 g/mol. The van der Waals surface area contributed by atoms with Crippen LogP contribution in [-0.2, 0) is 31.3 Å². The van der Waals surface area contributed by atoms with Crippen molar-refractivity contribution in [3.63, 3.8) is 0 Å². The maximum absolute atomic E-state index is 5.26. The molecule has 0 saturated heterocycles. The molecule has 1 aliphatic carbocycles. The first-order chi connectivity index (χ1) is 12.2. The molecule has 0 aromatic heterocycles. The number of halogens is 2. The van der Waals surface area contributed by atoms with Gasteiger partial charge in [-0.05, 0) is 71.0 Å². The number of hydrogen-bond acceptors (Lipinski definition) is 1. The van der Waals surface area contributed by atoms with Gasteiger partial charge in [-0.3, -0.25) is 0 Å². The Labute approximate surface area is 227 Å². The number of nitrogens with zero attached hydrogens (tertiary/aromatic N) is 1. The van der Waals surface area contributed by atoms with Crippen LogP contribution in [-0.4, -0.2) is 22.3 Å². The number of amidine groups is 1. The van der Waals surface area contributed by atoms with E-state index >= 15 is 0 Å². The van der Waals surface area contributed by atoms with E-state index in [9.17, 15) is 0 Å². The average molecular weight is 737 g/mol. The summed E-state index contributed by atoms with van der Waals surface area (Å²) in [5, 5.41) is 0. The molecule has 0 spiro atoms. The van der Waals surface area contributed by atoms with E-state index in [0.717, 1.165) is 5.84 Å². The SMILES string of the molecule is CC1=C(C)C(C)(c2ccccc2C(=N[Si](C)(C)C)N[Si](C)(C)C)C(C)=C1C.[Br-].[Br-].[Hf]. The van der Waals surface area contributed by atoms with Crippen LogP contribution in [0.2, 0.25) is 39.3 Å². The molecule has 2 rings (SSSR count). The Balaban J connectivity index is 0. The van der Waals surface area contributed by atoms with Crippen molar-refractivity contribution in [1.29, 1.82) is 0 Å². The zero-order chi connectivity index (χ0) is 20.8. The Morgan fingerprint density at radius 1 is 0.833 bits per heavy atom. The molecule has 0 saturated carbocycles. The Hall–Kier alpha value is 0.434. The van der Waals surface area contributed by atoms with Crippen LogP contribution in [0, 0.1) is 0 Å². The first-order valence-corrected chi connectivity index (χ1v) is 17.0. The summed E-state index contributed by atoms with van der Waals surface area (Å²) in [7, 11) is -3.16. The van der Waals surface area contributed by atoms with Gasteiger partial charge in [0.1, 0.15) is 14.1 Å². The smallest absolute Gasteiger partial charge is 0.175 e. The van der Waals surface area contributed by atoms with E-state index in [1.54, 1.807) is 0 Å². The molecule has 1 aromatic carbocycles. The minimum absolute atomic E-state index is 0. The van der Waals surface area contributed by atoms with Crippen molar-refractivity contribution in [3.8, 4) is 0 Å². The molecule has 0 radical (unpaired) electrons. The van der Waals surface area contributed by atoms with Gasteiger partial charge in [-0.1, -0.05) is 55.1 Å². The average Bonchev–Trinajstić information content (AvgIpc) is 2.68. The third kappa shape index (κ3) is 6.96. The zero-order valence-electron chi connectivity index (χ0n) is 20.5. The fourth-order valence-electron chi connectivity index (χ4n) is 3.97. The standard InChI is InChI=1S/C23H38N2Si2.2BrH.Hf/c1-16-17(2)19(4)23(5,18(16)3)21-15-13-12-14-20(21)22(24-26(6,7)8)25-27(9,10)11;;;/h12-15H,1-11H3,(H,24,25);2*1H;/p-2. The molecule has 0 unspecified atom stereocenters. The Bertz CT molecular complexity index is 823. The van der Waals surface area contributed by atoms with Crippen LogP contribution in [0.25, 0.3) is 0 Å². The molecule has 30 heavy (non-hydrogen) atoms. The molecule has 0 aliphatic heterocycles. The van der Waals surface area contributed by atoms with Crippen LogP contribution in [0.15, 0.2) is 51.2 Å². The number of allylic oxidation sites excluding steroid dienone is 4. The van der Waals surface area contributed by atoms with Crippen LogP contribution >= 0.6 is 0 Å². The molecule has 168 valence electrons. The number of rotatable bonds is 4. The Morgan fingerprint density at radius 3 is 1.67 bits per heavy atom. The first-order valence-electron chi connectivity index (χ1n) is 10.0. The third-order valence-corrected chi connectivity index (χ3v) is 7.73. The van der Waals surface area contributed by atoms with Gasteiger partial charge in [0, 0.05) is 36.8 Å². The summed E-state index contributed by atoms with van der Waals surface area (Å²) < 4.78 is 5.26. The fraction of sp³-hybridized carbons (Fsp3) is 0.522. The van der Waals surface area contributed by atoms with Gasteiger partial charge < -0.3 is 43.6 Å². The molecule has 7 heteroatoms. The summed E-state index contributed by atoms with van der Waals surface area (Å²) in [4.78, 5) is 3.85. The van der Waals surface area contributed by atoms with Crippen LogP contribution in [0.3, 0.4) is 0 Å². The second-order valence-corrected chi connectivity index (χ2v) is 19.5. The van der Waals surface area contributed by atoms with Crippen molar-refractivity contribution >= 4 is 22.3 Å². The normalized spacial score (nSPS) is 16.6. The summed E-state index contributed by atoms with van der Waals surface area (Å²) in [5.74, 6) is 1.10. The predicted octanol–water partition coefficient (Wildman–Crippen LogP) is 0.642. The van der Waals surface area contributed by atoms with Gasteiger partial charge in [0.15, 0.2) is 8.24 Å². The minimum Gasteiger partial charge on any atom is -1.00 e. The molecule has 1 N–H and O–H groups in total. The van der Waals surface area contributed by atoms with E-state index < -0.39 is 16.5 Å². The second kappa shape index (κ2) is 11.5. The maximum Gasteiger partial charge on any atom is 0.175 e. The molecular formula is C23H38Br2HfN2Si2-2. The molecule has 1 aromatic rings. The van der Waals surface area contributed by atoms with Crippen molar-refractivity contribution in [2.75, 3.05) is 0 Å². The van der Waals surface area contributed by atoms with Gasteiger partial charge in [-0.2, -0.15) is 0 Å². The fourth-order valence-corrected chi connectivity index (χ4v) is 5.83. The minimum atomic E-state index is -1.63. The maximum atomic E-state index is 5.26. The second-order valence-electron chi connectivity index (χ2n) is 10.2. The van der Waals surface area contributed by atoms with Gasteiger partial charge in [0.25, 0.3) is 0 Å². The van der Waals surface area contributed by atoms with Gasteiger partial charge in [-0.15, -0.1) is 0 Å². The van der Waals surface area contributed by atoms with E-state index in [2.05, 4.69) is 103 Å². The predicted molar refractivity (Wildman–Crippen MR) is 127 cm³/mol. The molecule has 0 heterocycles. The van der Waals surface area contributed by atoms with Crippen molar-refractivity contribution in [2.45, 2.75) is 79.3 Å². The van der Waals surface area contributed by atoms with Gasteiger partial charge >= 0.3 is 0 Å². The summed E-state index contributed by atoms with van der Waals surface area (Å²) in [6.45, 7) is 25.5. The summed E-state index contributed by atoms with van der Waals surface area (Å²) in [5.41, 5.74) is 8.38. The molecule has 0 atom stereocenters. The van der Waals surface area contributed by atoms with Gasteiger partial charge in [0.2, 0.25) is 0 Å². The van der Waals surface area contributed by atoms with Crippen LogP contribution in [0.4, 0.5) is 0 Å². The van der Waals surface area contributed by atoms with E-state index in [0.29, 0.717) is 0 Å². The quantitative estimate of drug-likeness (QED) is 0.275. The largest absolute Gasteiger partial charge is 1.00 e. The van der Waals surface area contributed by atoms with E-state index in [4.69, 9.17) is 4.66 Å². The summed E-state index contributed by atoms with van der Waals surface area (Å²) in [6.07, 6.45) is 0. The molecule has 2 nitrogen and oxygen atoms in total. The summed E-state index contributed by atoms with van der Waals surface area (Å²) >= 11 is 0. The van der Waals surface area contributed by atoms with Crippen molar-refractivity contribution in [2.24, 2.45) is 4.66 Å². The van der Waals surface area contributed by atoms with Gasteiger partial charge in [-0.25, -0.2) is 0 Å². The van der Waals surface area contributed by atoms with Crippen LogP contribution in [0.1, 0.15) is 45.7 Å². The third-order valence-electron chi connectivity index (χ3n) is 5.85. The van der Waals surface area contributed by atoms with Crippen LogP contribution < -0.4 is 38.9 Å².